The van der Waals surface area contributed by atoms with Gasteiger partial charge in [-0.2, -0.15) is 0 Å². The Balaban J connectivity index is 0.00000261. The van der Waals surface area contributed by atoms with Gasteiger partial charge < -0.3 is 10.5 Å². The molecule has 6 heteroatoms. The molecule has 0 spiro atoms. The van der Waals surface area contributed by atoms with Crippen LogP contribution in [0.15, 0.2) is 78.6 Å². The number of benzene rings is 2. The van der Waals surface area contributed by atoms with E-state index in [0.29, 0.717) is 16.1 Å². The number of aromatic nitrogens is 1. The number of aliphatic hydroxyl groups is 1. The van der Waals surface area contributed by atoms with Crippen molar-refractivity contribution in [3.05, 3.63) is 118 Å². The van der Waals surface area contributed by atoms with Crippen molar-refractivity contribution in [2.45, 2.75) is 6.10 Å². The first-order valence-corrected chi connectivity index (χ1v) is 8.22. The van der Waals surface area contributed by atoms with Gasteiger partial charge in [0.05, 0.1) is 6.10 Å². The molecule has 3 nitrogen and oxygen atoms in total. The molecule has 1 aromatic heterocycles. The second kappa shape index (κ2) is 9.96. The second-order valence-electron chi connectivity index (χ2n) is 5.56. The number of hydrogen-bond acceptors (Lipinski definition) is 2. The van der Waals surface area contributed by atoms with Gasteiger partial charge >= 0.3 is 31.1 Å². The number of nitrogens with zero attached hydrogens (tertiary/aromatic N) is 2. The quantitative estimate of drug-likeness (QED) is 0.339. The number of aliphatic hydroxyl groups excluding tert-OH is 1. The van der Waals surface area contributed by atoms with Gasteiger partial charge in [-0.3, -0.25) is 4.98 Å². The van der Waals surface area contributed by atoms with Crippen molar-refractivity contribution >= 4 is 17.3 Å². The number of halogens is 2. The first-order valence-electron chi connectivity index (χ1n) is 7.85. The van der Waals surface area contributed by atoms with Crippen LogP contribution in [0.25, 0.3) is 5.41 Å². The Kier molecular flexibility index (Phi) is 7.94. The first-order chi connectivity index (χ1) is 12.6. The van der Waals surface area contributed by atoms with Gasteiger partial charge in [0.25, 0.3) is 0 Å². The average Bonchev–Trinajstić information content (AvgIpc) is 2.67. The standard InChI is InChI=1S/C21H14ClFN2O.U/c22-16-9-7-14(8-10-16)12-18(21(26)15-4-3-11-25-13-15)20(24)17-5-1-2-6-19(17)23;/h1-11,13,21,26H;/q-2;+2. The minimum Gasteiger partial charge on any atom is -0.854 e. The van der Waals surface area contributed by atoms with Crippen molar-refractivity contribution in [3.63, 3.8) is 0 Å². The van der Waals surface area contributed by atoms with Crippen LogP contribution < -0.4 is 0 Å². The third-order valence-electron chi connectivity index (χ3n) is 3.78. The van der Waals surface area contributed by atoms with Gasteiger partial charge in [-0.15, -0.1) is 29.3 Å². The van der Waals surface area contributed by atoms with Crippen molar-refractivity contribution in [2.24, 2.45) is 0 Å². The van der Waals surface area contributed by atoms with Crippen molar-refractivity contribution in [2.75, 3.05) is 0 Å². The van der Waals surface area contributed by atoms with Gasteiger partial charge in [0.1, 0.15) is 5.82 Å². The van der Waals surface area contributed by atoms with E-state index in [-0.39, 0.29) is 42.2 Å². The Morgan fingerprint density at radius 2 is 1.78 bits per heavy atom. The maximum Gasteiger partial charge on any atom is 2.00 e. The van der Waals surface area contributed by atoms with Crippen LogP contribution in [0.4, 0.5) is 4.39 Å². The van der Waals surface area contributed by atoms with Gasteiger partial charge in [-0.25, -0.2) is 10.1 Å². The van der Waals surface area contributed by atoms with E-state index in [1.165, 1.54) is 24.4 Å². The molecule has 1 heterocycles. The van der Waals surface area contributed by atoms with E-state index >= 15 is 0 Å². The van der Waals surface area contributed by atoms with Crippen LogP contribution in [0.5, 0.6) is 0 Å². The van der Waals surface area contributed by atoms with E-state index in [9.17, 15) is 14.9 Å². The molecule has 2 aromatic carbocycles. The summed E-state index contributed by atoms with van der Waals surface area (Å²) in [7, 11) is 0. The van der Waals surface area contributed by atoms with Crippen LogP contribution in [0, 0.1) is 43.0 Å². The van der Waals surface area contributed by atoms with E-state index in [4.69, 9.17) is 11.6 Å². The Bertz CT molecular complexity index is 946. The molecule has 0 aliphatic rings. The normalized spacial score (nSPS) is 12.2. The molecular formula is C21H14ClFN2OU. The molecule has 3 rings (SSSR count). The third kappa shape index (κ3) is 5.37. The number of pyridine rings is 1. The monoisotopic (exact) mass is 602 g/mol. The van der Waals surface area contributed by atoms with E-state index in [1.54, 1.807) is 48.7 Å². The molecule has 0 aliphatic heterocycles. The summed E-state index contributed by atoms with van der Waals surface area (Å²) in [5, 5.41) is 22.0. The zero-order valence-electron chi connectivity index (χ0n) is 14.1. The fourth-order valence-corrected chi connectivity index (χ4v) is 2.57. The van der Waals surface area contributed by atoms with Crippen molar-refractivity contribution < 1.29 is 40.6 Å². The zero-order chi connectivity index (χ0) is 18.5. The summed E-state index contributed by atoms with van der Waals surface area (Å²) < 4.78 is 14.1. The first kappa shape index (κ1) is 21.5. The summed E-state index contributed by atoms with van der Waals surface area (Å²) in [5.74, 6) is -0.598. The molecule has 3 aromatic rings. The van der Waals surface area contributed by atoms with Gasteiger partial charge in [0.2, 0.25) is 0 Å². The predicted octanol–water partition coefficient (Wildman–Crippen LogP) is 4.74. The number of rotatable bonds is 5. The molecular weight excluding hydrogens is 589 g/mol. The fraction of sp³-hybridized carbons (Fsp3) is 0.0476. The van der Waals surface area contributed by atoms with Crippen LogP contribution >= 0.6 is 11.6 Å². The van der Waals surface area contributed by atoms with E-state index in [1.807, 2.05) is 0 Å². The second-order valence-corrected chi connectivity index (χ2v) is 6.00. The average molecular weight is 603 g/mol. The van der Waals surface area contributed by atoms with Crippen LogP contribution in [-0.4, -0.2) is 15.8 Å². The molecule has 27 heavy (non-hydrogen) atoms. The van der Waals surface area contributed by atoms with E-state index in [2.05, 4.69) is 11.1 Å². The van der Waals surface area contributed by atoms with Crippen LogP contribution in [-0.2, 0) is 0 Å². The zero-order valence-corrected chi connectivity index (χ0v) is 19.0. The smallest absolute Gasteiger partial charge is 0.854 e. The van der Waals surface area contributed by atoms with Crippen molar-refractivity contribution in [3.8, 4) is 0 Å². The van der Waals surface area contributed by atoms with Gasteiger partial charge in [0.15, 0.2) is 0 Å². The Morgan fingerprint density at radius 3 is 2.41 bits per heavy atom. The maximum absolute atomic E-state index is 14.1. The van der Waals surface area contributed by atoms with Crippen molar-refractivity contribution in [1.29, 1.82) is 0 Å². The fourth-order valence-electron chi connectivity index (χ4n) is 2.45. The van der Waals surface area contributed by atoms with Gasteiger partial charge in [0, 0.05) is 23.0 Å². The van der Waals surface area contributed by atoms with Gasteiger partial charge in [-0.05, 0) is 17.7 Å². The molecule has 1 unspecified atom stereocenters. The molecule has 1 N–H and O–H groups in total. The predicted molar refractivity (Wildman–Crippen MR) is 100 cm³/mol. The van der Waals surface area contributed by atoms with E-state index < -0.39 is 17.6 Å². The van der Waals surface area contributed by atoms with Crippen LogP contribution in [0.2, 0.25) is 5.02 Å². The molecule has 0 bridgehead atoms. The van der Waals surface area contributed by atoms with Crippen molar-refractivity contribution in [1.82, 2.24) is 4.98 Å². The Labute approximate surface area is 185 Å². The minimum atomic E-state index is -1.24. The molecule has 0 fully saturated rings. The summed E-state index contributed by atoms with van der Waals surface area (Å²) in [5.41, 5.74) is 0.647. The van der Waals surface area contributed by atoms with Gasteiger partial charge in [-0.1, -0.05) is 48.0 Å². The molecule has 1 atom stereocenters. The maximum atomic E-state index is 14.1. The summed E-state index contributed by atoms with van der Waals surface area (Å²) in [6, 6.07) is 15.8. The topological polar surface area (TPSA) is 55.4 Å². The molecule has 0 aliphatic carbocycles. The summed E-state index contributed by atoms with van der Waals surface area (Å²) in [4.78, 5) is 3.97. The Morgan fingerprint density at radius 1 is 1.07 bits per heavy atom. The third-order valence-corrected chi connectivity index (χ3v) is 4.03. The van der Waals surface area contributed by atoms with Crippen LogP contribution in [0.1, 0.15) is 22.8 Å². The molecule has 0 saturated carbocycles. The largest absolute Gasteiger partial charge is 2.00 e. The Hall–Kier alpha value is -1.77. The molecule has 132 valence electrons. The SMILES string of the molecule is [N-]=C(C(=[C-]c1ccc(Cl)cc1)C(O)c1cccnc1)c1ccccc1F.[U+2]. The number of hydrogen-bond donors (Lipinski definition) is 1. The molecule has 0 radical (unpaired) electrons. The van der Waals surface area contributed by atoms with Crippen LogP contribution in [0.3, 0.4) is 0 Å². The summed E-state index contributed by atoms with van der Waals surface area (Å²) in [6.07, 6.45) is 4.77. The molecule has 0 amide bonds. The molecule has 0 saturated heterocycles. The summed E-state index contributed by atoms with van der Waals surface area (Å²) in [6.45, 7) is 0. The van der Waals surface area contributed by atoms with E-state index in [0.717, 1.165) is 0 Å². The minimum absolute atomic E-state index is 0. The summed E-state index contributed by atoms with van der Waals surface area (Å²) >= 11 is 5.89.